The molecule has 154 valence electrons. The number of fused-ring (bicyclic) bond motifs is 1. The van der Waals surface area contributed by atoms with E-state index in [1.165, 1.54) is 23.1 Å². The van der Waals surface area contributed by atoms with Crippen molar-refractivity contribution >= 4 is 51.6 Å². The highest BCUT2D eigenvalue weighted by Gasteiger charge is 2.30. The Bertz CT molecular complexity index is 941. The Morgan fingerprint density at radius 1 is 1.24 bits per heavy atom. The van der Waals surface area contributed by atoms with E-state index in [0.29, 0.717) is 22.0 Å². The molecule has 7 nitrogen and oxygen atoms in total. The van der Waals surface area contributed by atoms with Crippen molar-refractivity contribution in [2.24, 2.45) is 0 Å². The zero-order chi connectivity index (χ0) is 21.0. The number of hydrogen-bond acceptors (Lipinski definition) is 7. The van der Waals surface area contributed by atoms with Gasteiger partial charge in [-0.15, -0.1) is 23.1 Å². The summed E-state index contributed by atoms with van der Waals surface area (Å²) in [5.74, 6) is -0.384. The first-order valence-electron chi connectivity index (χ1n) is 9.20. The van der Waals surface area contributed by atoms with Crippen molar-refractivity contribution in [1.29, 1.82) is 0 Å². The van der Waals surface area contributed by atoms with Crippen LogP contribution in [0.3, 0.4) is 0 Å². The van der Waals surface area contributed by atoms with Gasteiger partial charge in [-0.05, 0) is 31.5 Å². The van der Waals surface area contributed by atoms with E-state index in [9.17, 15) is 14.4 Å². The van der Waals surface area contributed by atoms with E-state index >= 15 is 0 Å². The fourth-order valence-electron chi connectivity index (χ4n) is 2.81. The molecule has 3 rings (SSSR count). The highest BCUT2D eigenvalue weighted by Crippen LogP contribution is 2.39. The molecule has 0 aliphatic carbocycles. The van der Waals surface area contributed by atoms with E-state index in [1.807, 2.05) is 19.1 Å². The lowest BCUT2D eigenvalue weighted by Gasteiger charge is -2.24. The minimum Gasteiger partial charge on any atom is -0.497 e. The molecule has 29 heavy (non-hydrogen) atoms. The van der Waals surface area contributed by atoms with Gasteiger partial charge in [-0.3, -0.25) is 9.59 Å². The third kappa shape index (κ3) is 4.91. The number of nitrogens with one attached hydrogen (secondary N) is 2. The number of methoxy groups -OCH3 is 1. The van der Waals surface area contributed by atoms with Gasteiger partial charge in [0.1, 0.15) is 10.8 Å². The molecule has 1 unspecified atom stereocenters. The molecular formula is C20H22N2O5S2. The van der Waals surface area contributed by atoms with Crippen LogP contribution < -0.4 is 15.4 Å². The van der Waals surface area contributed by atoms with Crippen LogP contribution >= 0.6 is 23.1 Å². The van der Waals surface area contributed by atoms with Crippen LogP contribution in [0.15, 0.2) is 29.2 Å². The van der Waals surface area contributed by atoms with Crippen LogP contribution in [0.25, 0.3) is 0 Å². The van der Waals surface area contributed by atoms with Crippen LogP contribution in [0.1, 0.15) is 35.5 Å². The van der Waals surface area contributed by atoms with Crippen molar-refractivity contribution < 1.29 is 23.9 Å². The second kappa shape index (κ2) is 9.32. The van der Waals surface area contributed by atoms with Crippen molar-refractivity contribution in [1.82, 2.24) is 0 Å². The lowest BCUT2D eigenvalue weighted by atomic mass is 10.2. The minimum absolute atomic E-state index is 0.0103. The third-order valence-corrected chi connectivity index (χ3v) is 6.73. The molecule has 1 aliphatic heterocycles. The molecule has 2 heterocycles. The van der Waals surface area contributed by atoms with Gasteiger partial charge in [-0.25, -0.2) is 4.79 Å². The van der Waals surface area contributed by atoms with E-state index in [-0.39, 0.29) is 24.8 Å². The smallest absolute Gasteiger partial charge is 0.341 e. The summed E-state index contributed by atoms with van der Waals surface area (Å²) in [5, 5.41) is 5.50. The summed E-state index contributed by atoms with van der Waals surface area (Å²) in [7, 11) is 1.56. The van der Waals surface area contributed by atoms with Gasteiger partial charge in [-0.2, -0.15) is 0 Å². The van der Waals surface area contributed by atoms with E-state index in [2.05, 4.69) is 10.6 Å². The first kappa shape index (κ1) is 21.2. The number of anilines is 2. The van der Waals surface area contributed by atoms with E-state index in [4.69, 9.17) is 9.47 Å². The zero-order valence-corrected chi connectivity index (χ0v) is 18.0. The first-order chi connectivity index (χ1) is 13.9. The average molecular weight is 435 g/mol. The average Bonchev–Trinajstić information content (AvgIpc) is 3.11. The van der Waals surface area contributed by atoms with Crippen molar-refractivity contribution in [2.45, 2.75) is 36.8 Å². The van der Waals surface area contributed by atoms with E-state index in [1.54, 1.807) is 26.2 Å². The summed E-state index contributed by atoms with van der Waals surface area (Å²) >= 11 is 2.68. The fraction of sp³-hybridized carbons (Fsp3) is 0.350. The molecule has 0 bridgehead atoms. The molecule has 1 atom stereocenters. The number of aryl methyl sites for hydroxylation is 1. The van der Waals surface area contributed by atoms with Crippen molar-refractivity contribution in [3.63, 3.8) is 0 Å². The molecule has 0 spiro atoms. The van der Waals surface area contributed by atoms with Crippen molar-refractivity contribution in [3.05, 3.63) is 34.7 Å². The van der Waals surface area contributed by atoms with Gasteiger partial charge in [0.15, 0.2) is 0 Å². The Kier molecular flexibility index (Phi) is 6.81. The molecular weight excluding hydrogens is 412 g/mol. The van der Waals surface area contributed by atoms with Crippen molar-refractivity contribution in [2.75, 3.05) is 24.4 Å². The topological polar surface area (TPSA) is 93.7 Å². The second-order valence-corrected chi connectivity index (χ2v) is 8.62. The predicted octanol–water partition coefficient (Wildman–Crippen LogP) is 3.94. The Hall–Kier alpha value is -2.52. The third-order valence-electron chi connectivity index (χ3n) is 4.26. The van der Waals surface area contributed by atoms with Crippen molar-refractivity contribution in [3.8, 4) is 5.75 Å². The van der Waals surface area contributed by atoms with Crippen LogP contribution in [0.4, 0.5) is 10.7 Å². The SMILES string of the molecule is CCOC(=O)c1cc(CC)sc1NC(=O)CC1Sc2ccc(OC)cc2NC1=O. The number of esters is 1. The Morgan fingerprint density at radius 2 is 2.03 bits per heavy atom. The molecule has 2 N–H and O–H groups in total. The van der Waals surface area contributed by atoms with Crippen LogP contribution in [0.5, 0.6) is 5.75 Å². The minimum atomic E-state index is -0.562. The molecule has 9 heteroatoms. The summed E-state index contributed by atoms with van der Waals surface area (Å²) in [6.07, 6.45) is 0.734. The number of thioether (sulfide) groups is 1. The molecule has 0 saturated heterocycles. The highest BCUT2D eigenvalue weighted by molar-refractivity contribution is 8.01. The maximum atomic E-state index is 12.6. The molecule has 0 radical (unpaired) electrons. The maximum absolute atomic E-state index is 12.6. The normalized spacial score (nSPS) is 15.3. The fourth-order valence-corrected chi connectivity index (χ4v) is 4.90. The van der Waals surface area contributed by atoms with Crippen LogP contribution in [0, 0.1) is 0 Å². The number of rotatable bonds is 7. The predicted molar refractivity (Wildman–Crippen MR) is 114 cm³/mol. The summed E-state index contributed by atoms with van der Waals surface area (Å²) in [6.45, 7) is 3.96. The zero-order valence-electron chi connectivity index (χ0n) is 16.4. The first-order valence-corrected chi connectivity index (χ1v) is 10.9. The number of hydrogen-bond donors (Lipinski definition) is 2. The number of thiophene rings is 1. The summed E-state index contributed by atoms with van der Waals surface area (Å²) in [5.41, 5.74) is 1.02. The quantitative estimate of drug-likeness (QED) is 0.641. The van der Waals surface area contributed by atoms with E-state index < -0.39 is 11.2 Å². The summed E-state index contributed by atoms with van der Waals surface area (Å²) < 4.78 is 10.2. The second-order valence-electron chi connectivity index (χ2n) is 6.24. The molecule has 1 aromatic heterocycles. The highest BCUT2D eigenvalue weighted by atomic mass is 32.2. The Balaban J connectivity index is 1.70. The Labute approximate surface area is 177 Å². The lowest BCUT2D eigenvalue weighted by Crippen LogP contribution is -2.32. The number of carbonyl (C=O) groups excluding carboxylic acids is 3. The molecule has 0 fully saturated rings. The number of ether oxygens (including phenoxy) is 2. The number of benzene rings is 1. The maximum Gasteiger partial charge on any atom is 0.341 e. The standard InChI is InChI=1S/C20H22N2O5S2/c1-4-12-9-13(20(25)27-5-2)19(28-12)22-17(23)10-16-18(24)21-14-8-11(26-3)6-7-15(14)29-16/h6-9,16H,4-5,10H2,1-3H3,(H,21,24)(H,22,23). The van der Waals surface area contributed by atoms with Gasteiger partial charge in [0.25, 0.3) is 0 Å². The lowest BCUT2D eigenvalue weighted by molar-refractivity contribution is -0.120. The largest absolute Gasteiger partial charge is 0.497 e. The molecule has 2 amide bonds. The van der Waals surface area contributed by atoms with E-state index in [0.717, 1.165) is 16.2 Å². The number of carbonyl (C=O) groups is 3. The van der Waals surface area contributed by atoms with Crippen LogP contribution in [-0.2, 0) is 20.7 Å². The summed E-state index contributed by atoms with van der Waals surface area (Å²) in [6, 6.07) is 7.16. The number of amides is 2. The van der Waals surface area contributed by atoms with Gasteiger partial charge >= 0.3 is 5.97 Å². The van der Waals surface area contributed by atoms with Gasteiger partial charge < -0.3 is 20.1 Å². The van der Waals surface area contributed by atoms with Crippen LogP contribution in [0.2, 0.25) is 0 Å². The van der Waals surface area contributed by atoms with Crippen LogP contribution in [-0.4, -0.2) is 36.8 Å². The summed E-state index contributed by atoms with van der Waals surface area (Å²) in [4.78, 5) is 39.0. The van der Waals surface area contributed by atoms with Gasteiger partial charge in [0, 0.05) is 22.3 Å². The molecule has 1 aliphatic rings. The van der Waals surface area contributed by atoms with Gasteiger partial charge in [-0.1, -0.05) is 6.92 Å². The van der Waals surface area contributed by atoms with Gasteiger partial charge in [0.2, 0.25) is 11.8 Å². The Morgan fingerprint density at radius 3 is 2.72 bits per heavy atom. The molecule has 1 aromatic carbocycles. The molecule has 2 aromatic rings. The monoisotopic (exact) mass is 434 g/mol. The molecule has 0 saturated carbocycles. The van der Waals surface area contributed by atoms with Gasteiger partial charge in [0.05, 0.1) is 30.2 Å².